The van der Waals surface area contributed by atoms with Crippen LogP contribution in [0, 0.1) is 0 Å². The molecular weight excluding hydrogens is 262 g/mol. The predicted molar refractivity (Wildman–Crippen MR) is 86.8 cm³/mol. The molecule has 0 spiro atoms. The molecule has 0 radical (unpaired) electrons. The zero-order valence-corrected chi connectivity index (χ0v) is 13.3. The molecule has 1 aliphatic rings. The Balaban J connectivity index is 2.06. The fourth-order valence-electron chi connectivity index (χ4n) is 2.98. The molecule has 0 aromatic carbocycles. The maximum Gasteiger partial charge on any atom is 0.270 e. The highest BCUT2D eigenvalue weighted by molar-refractivity contribution is 5.93. The van der Waals surface area contributed by atoms with Gasteiger partial charge in [-0.3, -0.25) is 9.78 Å². The lowest BCUT2D eigenvalue weighted by atomic mass is 10.2. The van der Waals surface area contributed by atoms with E-state index in [1.54, 1.807) is 6.20 Å². The van der Waals surface area contributed by atoms with E-state index >= 15 is 0 Å². The molecule has 1 fully saturated rings. The quantitative estimate of drug-likeness (QED) is 0.837. The van der Waals surface area contributed by atoms with Gasteiger partial charge in [0.1, 0.15) is 5.69 Å². The maximum absolute atomic E-state index is 12.3. The number of pyridine rings is 1. The van der Waals surface area contributed by atoms with E-state index in [1.807, 2.05) is 12.1 Å². The largest absolute Gasteiger partial charge is 0.371 e. The van der Waals surface area contributed by atoms with Gasteiger partial charge in [0.2, 0.25) is 0 Å². The van der Waals surface area contributed by atoms with E-state index in [-0.39, 0.29) is 5.91 Å². The second kappa shape index (κ2) is 8.01. The van der Waals surface area contributed by atoms with E-state index < -0.39 is 0 Å². The molecule has 1 aliphatic carbocycles. The molecule has 1 aromatic rings. The third kappa shape index (κ3) is 4.45. The van der Waals surface area contributed by atoms with Gasteiger partial charge in [-0.15, -0.1) is 0 Å². The summed E-state index contributed by atoms with van der Waals surface area (Å²) >= 11 is 0. The van der Waals surface area contributed by atoms with Crippen molar-refractivity contribution in [3.63, 3.8) is 0 Å². The van der Waals surface area contributed by atoms with Crippen molar-refractivity contribution < 1.29 is 4.79 Å². The van der Waals surface area contributed by atoms with E-state index in [0.717, 1.165) is 44.5 Å². The number of carbonyl (C=O) groups excluding carboxylic acids is 1. The lowest BCUT2D eigenvalue weighted by Gasteiger charge is -2.24. The Morgan fingerprint density at radius 3 is 2.57 bits per heavy atom. The number of rotatable bonds is 7. The molecule has 2 rings (SSSR count). The van der Waals surface area contributed by atoms with Crippen molar-refractivity contribution in [3.8, 4) is 0 Å². The van der Waals surface area contributed by atoms with E-state index in [1.165, 1.54) is 12.8 Å². The summed E-state index contributed by atoms with van der Waals surface area (Å²) in [5, 5.41) is 3.11. The molecular formula is C17H27N3O. The topological polar surface area (TPSA) is 45.2 Å². The average Bonchev–Trinajstić information content (AvgIpc) is 3.00. The standard InChI is InChI=1S/C17H27N3O/c1-3-11-20(12-4-2)15-9-10-18-16(13-15)17(21)19-14-7-5-6-8-14/h9-10,13-14H,3-8,11-12H2,1-2H3,(H,19,21). The normalized spacial score (nSPS) is 15.1. The van der Waals surface area contributed by atoms with E-state index in [2.05, 4.69) is 29.0 Å². The zero-order valence-electron chi connectivity index (χ0n) is 13.3. The number of hydrogen-bond donors (Lipinski definition) is 1. The van der Waals surface area contributed by atoms with Crippen LogP contribution >= 0.6 is 0 Å². The third-order valence-electron chi connectivity index (χ3n) is 4.02. The Morgan fingerprint density at radius 1 is 1.29 bits per heavy atom. The Bertz CT molecular complexity index is 449. The van der Waals surface area contributed by atoms with E-state index in [9.17, 15) is 4.79 Å². The van der Waals surface area contributed by atoms with Crippen LogP contribution in [-0.4, -0.2) is 30.0 Å². The smallest absolute Gasteiger partial charge is 0.270 e. The number of carbonyl (C=O) groups is 1. The predicted octanol–water partition coefficient (Wildman–Crippen LogP) is 3.38. The van der Waals surface area contributed by atoms with Crippen molar-refractivity contribution in [3.05, 3.63) is 24.0 Å². The van der Waals surface area contributed by atoms with Gasteiger partial charge in [0.15, 0.2) is 0 Å². The Morgan fingerprint density at radius 2 is 1.95 bits per heavy atom. The van der Waals surface area contributed by atoms with Crippen LogP contribution in [0.15, 0.2) is 18.3 Å². The molecule has 21 heavy (non-hydrogen) atoms. The van der Waals surface area contributed by atoms with E-state index in [4.69, 9.17) is 0 Å². The summed E-state index contributed by atoms with van der Waals surface area (Å²) in [7, 11) is 0. The van der Waals surface area contributed by atoms with E-state index in [0.29, 0.717) is 11.7 Å². The Labute approximate surface area is 127 Å². The van der Waals surface area contributed by atoms with Gasteiger partial charge in [-0.1, -0.05) is 26.7 Å². The summed E-state index contributed by atoms with van der Waals surface area (Å²) in [5.41, 5.74) is 1.64. The summed E-state index contributed by atoms with van der Waals surface area (Å²) in [6.07, 6.45) is 8.60. The number of aromatic nitrogens is 1. The molecule has 1 heterocycles. The molecule has 0 bridgehead atoms. The Kier molecular flexibility index (Phi) is 6.03. The van der Waals surface area contributed by atoms with Gasteiger partial charge in [-0.05, 0) is 37.8 Å². The fraction of sp³-hybridized carbons (Fsp3) is 0.647. The van der Waals surface area contributed by atoms with Crippen LogP contribution < -0.4 is 10.2 Å². The van der Waals surface area contributed by atoms with Gasteiger partial charge in [-0.2, -0.15) is 0 Å². The minimum absolute atomic E-state index is 0.0308. The van der Waals surface area contributed by atoms with Crippen LogP contribution in [0.1, 0.15) is 62.9 Å². The highest BCUT2D eigenvalue weighted by Crippen LogP contribution is 2.19. The first-order valence-electron chi connectivity index (χ1n) is 8.26. The highest BCUT2D eigenvalue weighted by Gasteiger charge is 2.19. The highest BCUT2D eigenvalue weighted by atomic mass is 16.1. The lowest BCUT2D eigenvalue weighted by Crippen LogP contribution is -2.33. The van der Waals surface area contributed by atoms with Crippen molar-refractivity contribution in [1.82, 2.24) is 10.3 Å². The first-order chi connectivity index (χ1) is 10.2. The van der Waals surface area contributed by atoms with Crippen LogP contribution in [-0.2, 0) is 0 Å². The molecule has 1 amide bonds. The minimum Gasteiger partial charge on any atom is -0.371 e. The first kappa shape index (κ1) is 15.8. The number of hydrogen-bond acceptors (Lipinski definition) is 3. The molecule has 0 unspecified atom stereocenters. The molecule has 0 atom stereocenters. The van der Waals surface area contributed by atoms with Gasteiger partial charge in [0.05, 0.1) is 0 Å². The van der Waals surface area contributed by atoms with Crippen molar-refractivity contribution >= 4 is 11.6 Å². The van der Waals surface area contributed by atoms with Crippen LogP contribution in [0.4, 0.5) is 5.69 Å². The molecule has 116 valence electrons. The number of anilines is 1. The molecule has 0 saturated heterocycles. The van der Waals surface area contributed by atoms with Gasteiger partial charge < -0.3 is 10.2 Å². The number of nitrogens with zero attached hydrogens (tertiary/aromatic N) is 2. The molecule has 1 N–H and O–H groups in total. The SMILES string of the molecule is CCCN(CCC)c1ccnc(C(=O)NC2CCCC2)c1. The minimum atomic E-state index is -0.0308. The molecule has 4 heteroatoms. The summed E-state index contributed by atoms with van der Waals surface area (Å²) in [4.78, 5) is 18.9. The second-order valence-electron chi connectivity index (χ2n) is 5.84. The molecule has 0 aliphatic heterocycles. The Hall–Kier alpha value is -1.58. The van der Waals surface area contributed by atoms with Crippen molar-refractivity contribution in [2.24, 2.45) is 0 Å². The number of amides is 1. The summed E-state index contributed by atoms with van der Waals surface area (Å²) in [6.45, 7) is 6.39. The molecule has 1 saturated carbocycles. The monoisotopic (exact) mass is 289 g/mol. The van der Waals surface area contributed by atoms with Gasteiger partial charge in [-0.25, -0.2) is 0 Å². The van der Waals surface area contributed by atoms with Crippen LogP contribution in [0.2, 0.25) is 0 Å². The van der Waals surface area contributed by atoms with Crippen LogP contribution in [0.3, 0.4) is 0 Å². The van der Waals surface area contributed by atoms with Gasteiger partial charge in [0.25, 0.3) is 5.91 Å². The van der Waals surface area contributed by atoms with Gasteiger partial charge in [0, 0.05) is 31.0 Å². The summed E-state index contributed by atoms with van der Waals surface area (Å²) in [5.74, 6) is -0.0308. The maximum atomic E-state index is 12.3. The molecule has 1 aromatic heterocycles. The number of nitrogens with one attached hydrogen (secondary N) is 1. The fourth-order valence-corrected chi connectivity index (χ4v) is 2.98. The van der Waals surface area contributed by atoms with Crippen molar-refractivity contribution in [2.45, 2.75) is 58.4 Å². The first-order valence-corrected chi connectivity index (χ1v) is 8.26. The lowest BCUT2D eigenvalue weighted by molar-refractivity contribution is 0.0933. The molecule has 4 nitrogen and oxygen atoms in total. The zero-order chi connectivity index (χ0) is 15.1. The van der Waals surface area contributed by atoms with Crippen LogP contribution in [0.5, 0.6) is 0 Å². The summed E-state index contributed by atoms with van der Waals surface area (Å²) in [6, 6.07) is 4.26. The van der Waals surface area contributed by atoms with Gasteiger partial charge >= 0.3 is 0 Å². The van der Waals surface area contributed by atoms with Crippen LogP contribution in [0.25, 0.3) is 0 Å². The second-order valence-corrected chi connectivity index (χ2v) is 5.84. The van der Waals surface area contributed by atoms with Crippen molar-refractivity contribution in [1.29, 1.82) is 0 Å². The summed E-state index contributed by atoms with van der Waals surface area (Å²) < 4.78 is 0. The third-order valence-corrected chi connectivity index (χ3v) is 4.02. The van der Waals surface area contributed by atoms with Crippen molar-refractivity contribution in [2.75, 3.05) is 18.0 Å². The average molecular weight is 289 g/mol.